The molecular weight excluding hydrogens is 298 g/mol. The van der Waals surface area contributed by atoms with Crippen LogP contribution < -0.4 is 5.32 Å². The van der Waals surface area contributed by atoms with Crippen molar-refractivity contribution in [3.63, 3.8) is 0 Å². The minimum Gasteiger partial charge on any atom is -0.316 e. The minimum absolute atomic E-state index is 0.0177. The van der Waals surface area contributed by atoms with Gasteiger partial charge in [-0.1, -0.05) is 24.3 Å². The van der Waals surface area contributed by atoms with Crippen LogP contribution >= 0.6 is 0 Å². The average molecular weight is 315 g/mol. The smallest absolute Gasteiger partial charge is 0.316 e. The Labute approximate surface area is 126 Å². The van der Waals surface area contributed by atoms with E-state index in [1.165, 1.54) is 0 Å². The molecule has 3 nitrogen and oxygen atoms in total. The first-order valence-corrected chi connectivity index (χ1v) is 6.84. The van der Waals surface area contributed by atoms with Crippen LogP contribution in [0.1, 0.15) is 31.1 Å². The third kappa shape index (κ3) is 3.14. The maximum atomic E-state index is 14.1. The Bertz CT molecular complexity index is 642. The Morgan fingerprint density at radius 3 is 2.23 bits per heavy atom. The van der Waals surface area contributed by atoms with Crippen LogP contribution in [0.15, 0.2) is 24.3 Å². The van der Waals surface area contributed by atoms with Crippen LogP contribution in [0.4, 0.5) is 17.6 Å². The van der Waals surface area contributed by atoms with Gasteiger partial charge in [-0.05, 0) is 26.5 Å². The molecule has 0 aliphatic rings. The molecule has 0 atom stereocenters. The van der Waals surface area contributed by atoms with E-state index >= 15 is 0 Å². The standard InChI is InChI=1S/C15H17F4N3/c1-9(2)22-13(16)12(15(17,18)19)21-14(22)11-6-4-10(5-7-11)8-20-3/h4-7,9,20H,8H2,1-3H3. The fourth-order valence-electron chi connectivity index (χ4n) is 2.24. The summed E-state index contributed by atoms with van der Waals surface area (Å²) < 4.78 is 53.6. The van der Waals surface area contributed by atoms with Gasteiger partial charge in [0, 0.05) is 18.2 Å². The second-order valence-corrected chi connectivity index (χ2v) is 5.26. The molecule has 0 unspecified atom stereocenters. The molecule has 22 heavy (non-hydrogen) atoms. The summed E-state index contributed by atoms with van der Waals surface area (Å²) in [4.78, 5) is 3.50. The Balaban J connectivity index is 2.54. The molecule has 1 N–H and O–H groups in total. The van der Waals surface area contributed by atoms with Crippen LogP contribution in [0.2, 0.25) is 0 Å². The van der Waals surface area contributed by atoms with Gasteiger partial charge in [0.15, 0.2) is 5.69 Å². The van der Waals surface area contributed by atoms with Crippen molar-refractivity contribution in [3.8, 4) is 11.4 Å². The van der Waals surface area contributed by atoms with Crippen molar-refractivity contribution < 1.29 is 17.6 Å². The van der Waals surface area contributed by atoms with Gasteiger partial charge in [0.2, 0.25) is 5.95 Å². The number of halogens is 4. The summed E-state index contributed by atoms with van der Waals surface area (Å²) in [5.41, 5.74) is -0.0520. The molecule has 1 aromatic carbocycles. The highest BCUT2D eigenvalue weighted by molar-refractivity contribution is 5.57. The van der Waals surface area contributed by atoms with Crippen molar-refractivity contribution in [2.75, 3.05) is 7.05 Å². The number of hydrogen-bond acceptors (Lipinski definition) is 2. The van der Waals surface area contributed by atoms with Crippen LogP contribution in [0.3, 0.4) is 0 Å². The zero-order valence-electron chi connectivity index (χ0n) is 12.5. The van der Waals surface area contributed by atoms with Crippen molar-refractivity contribution in [2.24, 2.45) is 0 Å². The Morgan fingerprint density at radius 1 is 1.18 bits per heavy atom. The number of nitrogens with zero attached hydrogens (tertiary/aromatic N) is 2. The summed E-state index contributed by atoms with van der Waals surface area (Å²) in [6.45, 7) is 3.87. The van der Waals surface area contributed by atoms with Crippen molar-refractivity contribution in [2.45, 2.75) is 32.6 Å². The Kier molecular flexibility index (Phi) is 4.55. The molecule has 0 amide bonds. The SMILES string of the molecule is CNCc1ccc(-c2nc(C(F)(F)F)c(F)n2C(C)C)cc1. The van der Waals surface area contributed by atoms with Gasteiger partial charge < -0.3 is 5.32 Å². The van der Waals surface area contributed by atoms with E-state index in [0.717, 1.165) is 10.1 Å². The molecule has 0 bridgehead atoms. The molecule has 1 heterocycles. The number of aromatic nitrogens is 2. The van der Waals surface area contributed by atoms with Crippen LogP contribution in [-0.2, 0) is 12.7 Å². The number of hydrogen-bond donors (Lipinski definition) is 1. The summed E-state index contributed by atoms with van der Waals surface area (Å²) in [5, 5.41) is 2.98. The van der Waals surface area contributed by atoms with E-state index in [1.807, 2.05) is 0 Å². The molecule has 2 aromatic rings. The highest BCUT2D eigenvalue weighted by Gasteiger charge is 2.40. The summed E-state index contributed by atoms with van der Waals surface area (Å²) in [6.07, 6.45) is -4.81. The van der Waals surface area contributed by atoms with E-state index in [4.69, 9.17) is 0 Å². The van der Waals surface area contributed by atoms with Crippen molar-refractivity contribution in [1.29, 1.82) is 0 Å². The molecule has 0 saturated carbocycles. The van der Waals surface area contributed by atoms with Crippen molar-refractivity contribution in [1.82, 2.24) is 14.9 Å². The van der Waals surface area contributed by atoms with Crippen LogP contribution in [0.25, 0.3) is 11.4 Å². The molecule has 0 saturated heterocycles. The highest BCUT2D eigenvalue weighted by Crippen LogP contribution is 2.35. The van der Waals surface area contributed by atoms with E-state index in [0.29, 0.717) is 12.1 Å². The maximum Gasteiger partial charge on any atom is 0.437 e. The molecular formula is C15H17F4N3. The van der Waals surface area contributed by atoms with E-state index in [2.05, 4.69) is 10.3 Å². The Morgan fingerprint density at radius 2 is 1.77 bits per heavy atom. The van der Waals surface area contributed by atoms with Crippen molar-refractivity contribution >= 4 is 0 Å². The first-order chi connectivity index (χ1) is 10.3. The van der Waals surface area contributed by atoms with Gasteiger partial charge in [-0.2, -0.15) is 17.6 Å². The third-order valence-electron chi connectivity index (χ3n) is 3.23. The number of alkyl halides is 3. The lowest BCUT2D eigenvalue weighted by molar-refractivity contribution is -0.143. The number of nitrogens with one attached hydrogen (secondary N) is 1. The van der Waals surface area contributed by atoms with Gasteiger partial charge in [0.1, 0.15) is 5.82 Å². The predicted octanol–water partition coefficient (Wildman–Crippen LogP) is 4.01. The van der Waals surface area contributed by atoms with E-state index in [1.54, 1.807) is 45.2 Å². The predicted molar refractivity (Wildman–Crippen MR) is 75.8 cm³/mol. The van der Waals surface area contributed by atoms with Crippen LogP contribution in [-0.4, -0.2) is 16.6 Å². The fourth-order valence-corrected chi connectivity index (χ4v) is 2.24. The molecule has 0 aliphatic carbocycles. The molecule has 7 heteroatoms. The normalized spacial score (nSPS) is 12.2. The monoisotopic (exact) mass is 315 g/mol. The summed E-state index contributed by atoms with van der Waals surface area (Å²) >= 11 is 0. The van der Waals surface area contributed by atoms with Crippen molar-refractivity contribution in [3.05, 3.63) is 41.5 Å². The van der Waals surface area contributed by atoms with Gasteiger partial charge in [-0.15, -0.1) is 0 Å². The number of benzene rings is 1. The Hall–Kier alpha value is -1.89. The topological polar surface area (TPSA) is 29.9 Å². The molecule has 0 spiro atoms. The number of rotatable bonds is 4. The van der Waals surface area contributed by atoms with E-state index < -0.39 is 23.9 Å². The lowest BCUT2D eigenvalue weighted by Crippen LogP contribution is -2.11. The molecule has 1 aromatic heterocycles. The average Bonchev–Trinajstić information content (AvgIpc) is 2.77. The first-order valence-electron chi connectivity index (χ1n) is 6.84. The lowest BCUT2D eigenvalue weighted by Gasteiger charge is -2.12. The quantitative estimate of drug-likeness (QED) is 0.864. The van der Waals surface area contributed by atoms with Crippen LogP contribution in [0.5, 0.6) is 0 Å². The first kappa shape index (κ1) is 16.5. The highest BCUT2D eigenvalue weighted by atomic mass is 19.4. The molecule has 2 rings (SSSR count). The zero-order chi connectivity index (χ0) is 16.5. The summed E-state index contributed by atoms with van der Waals surface area (Å²) in [5.74, 6) is -1.37. The van der Waals surface area contributed by atoms with Gasteiger partial charge in [-0.25, -0.2) is 4.98 Å². The zero-order valence-corrected chi connectivity index (χ0v) is 12.5. The van der Waals surface area contributed by atoms with Crippen LogP contribution in [0, 0.1) is 5.95 Å². The number of imidazole rings is 1. The maximum absolute atomic E-state index is 14.1. The second kappa shape index (κ2) is 6.08. The third-order valence-corrected chi connectivity index (χ3v) is 3.23. The summed E-state index contributed by atoms with van der Waals surface area (Å²) in [6, 6.07) is 6.36. The fraction of sp³-hybridized carbons (Fsp3) is 0.400. The largest absolute Gasteiger partial charge is 0.437 e. The molecule has 0 fully saturated rings. The van der Waals surface area contributed by atoms with Gasteiger partial charge in [-0.3, -0.25) is 4.57 Å². The molecule has 120 valence electrons. The molecule has 0 aliphatic heterocycles. The van der Waals surface area contributed by atoms with Gasteiger partial charge >= 0.3 is 6.18 Å². The second-order valence-electron chi connectivity index (χ2n) is 5.26. The molecule has 0 radical (unpaired) electrons. The van der Waals surface area contributed by atoms with E-state index in [-0.39, 0.29) is 5.82 Å². The lowest BCUT2D eigenvalue weighted by atomic mass is 10.1. The van der Waals surface area contributed by atoms with E-state index in [9.17, 15) is 17.6 Å². The van der Waals surface area contributed by atoms with Gasteiger partial charge in [0.05, 0.1) is 0 Å². The summed E-state index contributed by atoms with van der Waals surface area (Å²) in [7, 11) is 1.80. The van der Waals surface area contributed by atoms with Gasteiger partial charge in [0.25, 0.3) is 0 Å². The minimum atomic E-state index is -4.81.